The van der Waals surface area contributed by atoms with E-state index >= 15 is 0 Å². The molecule has 0 unspecified atom stereocenters. The molecule has 0 aliphatic carbocycles. The van der Waals surface area contributed by atoms with Crippen LogP contribution < -0.4 is 14.8 Å². The summed E-state index contributed by atoms with van der Waals surface area (Å²) in [7, 11) is 1.65. The first-order valence-electron chi connectivity index (χ1n) is 10.2. The van der Waals surface area contributed by atoms with E-state index in [2.05, 4.69) is 48.3 Å². The Morgan fingerprint density at radius 3 is 2.40 bits per heavy atom. The molecule has 0 atom stereocenters. The number of piperidine rings is 1. The summed E-state index contributed by atoms with van der Waals surface area (Å²) in [5, 5.41) is 16.7. The van der Waals surface area contributed by atoms with Gasteiger partial charge < -0.3 is 14.8 Å². The van der Waals surface area contributed by atoms with Crippen molar-refractivity contribution in [1.29, 1.82) is 0 Å². The summed E-state index contributed by atoms with van der Waals surface area (Å²) in [6.45, 7) is 8.83. The van der Waals surface area contributed by atoms with Crippen LogP contribution in [0.25, 0.3) is 16.9 Å². The molecule has 0 amide bonds. The van der Waals surface area contributed by atoms with E-state index in [4.69, 9.17) is 9.47 Å². The van der Waals surface area contributed by atoms with Gasteiger partial charge in [-0.15, -0.1) is 10.2 Å². The van der Waals surface area contributed by atoms with Crippen LogP contribution in [0.15, 0.2) is 48.8 Å². The second-order valence-corrected chi connectivity index (χ2v) is 9.13. The maximum Gasteiger partial charge on any atom is 0.233 e. The fraction of sp³-hybridized carbons (Fsp3) is 0.435. The number of hydrogen-bond donors (Lipinski definition) is 1. The van der Waals surface area contributed by atoms with Gasteiger partial charge in [-0.05, 0) is 52.0 Å². The molecule has 0 bridgehead atoms. The number of nitrogens with one attached hydrogen (secondary N) is 1. The fourth-order valence-corrected chi connectivity index (χ4v) is 4.46. The number of benzene rings is 1. The van der Waals surface area contributed by atoms with Gasteiger partial charge in [-0.25, -0.2) is 4.68 Å². The Bertz CT molecular complexity index is 981. The average Bonchev–Trinajstić information content (AvgIpc) is 3.20. The highest BCUT2D eigenvalue weighted by atomic mass is 16.5. The van der Waals surface area contributed by atoms with E-state index in [-0.39, 0.29) is 17.2 Å². The van der Waals surface area contributed by atoms with Crippen molar-refractivity contribution in [3.63, 3.8) is 0 Å². The van der Waals surface area contributed by atoms with Crippen molar-refractivity contribution < 1.29 is 9.47 Å². The van der Waals surface area contributed by atoms with Crippen LogP contribution >= 0.6 is 0 Å². The van der Waals surface area contributed by atoms with Crippen LogP contribution in [0.4, 0.5) is 0 Å². The molecule has 1 aliphatic rings. The number of ether oxygens (including phenoxy) is 2. The highest BCUT2D eigenvalue weighted by Gasteiger charge is 2.38. The molecule has 2 aromatic heterocycles. The maximum absolute atomic E-state index is 6.19. The minimum atomic E-state index is 0.0173. The predicted octanol–water partition coefficient (Wildman–Crippen LogP) is 4.03. The highest BCUT2D eigenvalue weighted by molar-refractivity contribution is 5.69. The molecule has 1 aliphatic heterocycles. The molecule has 7 heteroatoms. The Kier molecular flexibility index (Phi) is 5.24. The Morgan fingerprint density at radius 2 is 1.80 bits per heavy atom. The summed E-state index contributed by atoms with van der Waals surface area (Å²) in [6.07, 6.45) is 5.57. The molecule has 0 spiro atoms. The molecule has 7 nitrogen and oxygen atoms in total. The zero-order valence-electron chi connectivity index (χ0n) is 18.2. The Labute approximate surface area is 177 Å². The number of aromatic nitrogens is 4. The molecule has 3 heterocycles. The van der Waals surface area contributed by atoms with Gasteiger partial charge in [0.25, 0.3) is 0 Å². The van der Waals surface area contributed by atoms with Gasteiger partial charge >= 0.3 is 0 Å². The van der Waals surface area contributed by atoms with Gasteiger partial charge in [0.15, 0.2) is 0 Å². The zero-order chi connectivity index (χ0) is 21.4. The predicted molar refractivity (Wildman–Crippen MR) is 116 cm³/mol. The molecule has 0 saturated carbocycles. The molecule has 30 heavy (non-hydrogen) atoms. The van der Waals surface area contributed by atoms with Gasteiger partial charge in [-0.2, -0.15) is 5.10 Å². The van der Waals surface area contributed by atoms with Gasteiger partial charge in [0.2, 0.25) is 5.88 Å². The summed E-state index contributed by atoms with van der Waals surface area (Å²) in [5.74, 6) is 1.26. The molecular weight excluding hydrogens is 378 g/mol. The Hall–Kier alpha value is -2.93. The van der Waals surface area contributed by atoms with Crippen LogP contribution in [0, 0.1) is 0 Å². The van der Waals surface area contributed by atoms with E-state index in [1.807, 2.05) is 42.6 Å². The second kappa shape index (κ2) is 7.72. The van der Waals surface area contributed by atoms with Crippen molar-refractivity contribution in [2.75, 3.05) is 7.11 Å². The van der Waals surface area contributed by atoms with E-state index in [1.165, 1.54) is 0 Å². The molecule has 1 aromatic carbocycles. The van der Waals surface area contributed by atoms with Crippen LogP contribution in [0.5, 0.6) is 11.6 Å². The summed E-state index contributed by atoms with van der Waals surface area (Å²) in [6, 6.07) is 11.6. The fourth-order valence-electron chi connectivity index (χ4n) is 4.46. The molecule has 1 N–H and O–H groups in total. The third-order valence-corrected chi connectivity index (χ3v) is 5.31. The van der Waals surface area contributed by atoms with E-state index in [1.54, 1.807) is 18.0 Å². The average molecular weight is 408 g/mol. The molecule has 4 rings (SSSR count). The SMILES string of the molecule is COc1cc(-n2cccn2)ccc1-c1ccc(OC2CC(C)(C)NC(C)(C)C2)nn1. The maximum atomic E-state index is 6.19. The third-order valence-electron chi connectivity index (χ3n) is 5.31. The zero-order valence-corrected chi connectivity index (χ0v) is 18.2. The van der Waals surface area contributed by atoms with Crippen molar-refractivity contribution >= 4 is 0 Å². The lowest BCUT2D eigenvalue weighted by Crippen LogP contribution is -2.60. The molecule has 158 valence electrons. The minimum absolute atomic E-state index is 0.0173. The largest absolute Gasteiger partial charge is 0.496 e. The molecule has 0 radical (unpaired) electrons. The van der Waals surface area contributed by atoms with E-state index in [9.17, 15) is 0 Å². The van der Waals surface area contributed by atoms with Gasteiger partial charge in [0.1, 0.15) is 11.9 Å². The molecule has 1 saturated heterocycles. The lowest BCUT2D eigenvalue weighted by molar-refractivity contribution is 0.0524. The lowest BCUT2D eigenvalue weighted by atomic mass is 9.81. The van der Waals surface area contributed by atoms with E-state index < -0.39 is 0 Å². The van der Waals surface area contributed by atoms with Crippen molar-refractivity contribution in [2.24, 2.45) is 0 Å². The second-order valence-electron chi connectivity index (χ2n) is 9.13. The smallest absolute Gasteiger partial charge is 0.233 e. The van der Waals surface area contributed by atoms with Gasteiger partial charge in [0, 0.05) is 54.0 Å². The number of nitrogens with zero attached hydrogens (tertiary/aromatic N) is 4. The first-order valence-corrected chi connectivity index (χ1v) is 10.2. The quantitative estimate of drug-likeness (QED) is 0.688. The van der Waals surface area contributed by atoms with Crippen LogP contribution in [0.2, 0.25) is 0 Å². The third kappa shape index (κ3) is 4.46. The molecule has 1 fully saturated rings. The molecule has 3 aromatic rings. The van der Waals surface area contributed by atoms with Gasteiger partial charge in [-0.1, -0.05) is 0 Å². The first-order chi connectivity index (χ1) is 14.2. The summed E-state index contributed by atoms with van der Waals surface area (Å²) in [5.41, 5.74) is 2.56. The number of rotatable bonds is 5. The van der Waals surface area contributed by atoms with Gasteiger partial charge in [0.05, 0.1) is 18.5 Å². The van der Waals surface area contributed by atoms with Crippen molar-refractivity contribution in [3.05, 3.63) is 48.8 Å². The summed E-state index contributed by atoms with van der Waals surface area (Å²) >= 11 is 0. The minimum Gasteiger partial charge on any atom is -0.496 e. The summed E-state index contributed by atoms with van der Waals surface area (Å²) in [4.78, 5) is 0. The van der Waals surface area contributed by atoms with Crippen LogP contribution in [0.1, 0.15) is 40.5 Å². The van der Waals surface area contributed by atoms with Crippen molar-refractivity contribution in [1.82, 2.24) is 25.3 Å². The Balaban J connectivity index is 1.52. The van der Waals surface area contributed by atoms with Crippen LogP contribution in [0.3, 0.4) is 0 Å². The topological polar surface area (TPSA) is 74.1 Å². The standard InChI is InChI=1S/C23H29N5O2/c1-22(2)14-17(15-23(3,4)27-22)30-21-10-9-19(25-26-21)18-8-7-16(13-20(18)29-5)28-12-6-11-24-28/h6-13,17,27H,14-15H2,1-5H3. The van der Waals surface area contributed by atoms with Crippen LogP contribution in [-0.2, 0) is 0 Å². The van der Waals surface area contributed by atoms with Crippen molar-refractivity contribution in [2.45, 2.75) is 57.7 Å². The first kappa shape index (κ1) is 20.3. The lowest BCUT2D eigenvalue weighted by Gasteiger charge is -2.46. The van der Waals surface area contributed by atoms with Crippen molar-refractivity contribution in [3.8, 4) is 28.6 Å². The normalized spacial score (nSPS) is 18.2. The summed E-state index contributed by atoms with van der Waals surface area (Å²) < 4.78 is 13.6. The highest BCUT2D eigenvalue weighted by Crippen LogP contribution is 2.33. The number of hydrogen-bond acceptors (Lipinski definition) is 6. The number of methoxy groups -OCH3 is 1. The van der Waals surface area contributed by atoms with Crippen LogP contribution in [-0.4, -0.2) is 44.3 Å². The van der Waals surface area contributed by atoms with E-state index in [0.717, 1.165) is 29.8 Å². The monoisotopic (exact) mass is 407 g/mol. The van der Waals surface area contributed by atoms with Gasteiger partial charge in [-0.3, -0.25) is 0 Å². The molecular formula is C23H29N5O2. The Morgan fingerprint density at radius 1 is 1.03 bits per heavy atom. The van der Waals surface area contributed by atoms with E-state index in [0.29, 0.717) is 11.6 Å².